The standard InChI is InChI=1S/C11H14Cl2N2OS/c1-6(2)15-11(16)5-17-10-4-8(13)7(12)3-9(10)14/h3-4,6H,5,14H2,1-2H3,(H,15,16). The first-order valence-corrected chi connectivity index (χ1v) is 6.81. The summed E-state index contributed by atoms with van der Waals surface area (Å²) in [5, 5.41) is 3.65. The molecule has 0 saturated carbocycles. The maximum atomic E-state index is 11.5. The largest absolute Gasteiger partial charge is 0.398 e. The highest BCUT2D eigenvalue weighted by molar-refractivity contribution is 8.00. The number of benzene rings is 1. The average Bonchev–Trinajstić information content (AvgIpc) is 2.20. The summed E-state index contributed by atoms with van der Waals surface area (Å²) in [6, 6.07) is 3.40. The van der Waals surface area contributed by atoms with Gasteiger partial charge in [-0.3, -0.25) is 4.79 Å². The third kappa shape index (κ3) is 4.66. The summed E-state index contributed by atoms with van der Waals surface area (Å²) in [7, 11) is 0. The van der Waals surface area contributed by atoms with Gasteiger partial charge < -0.3 is 11.1 Å². The van der Waals surface area contributed by atoms with Crippen LogP contribution in [0.5, 0.6) is 0 Å². The summed E-state index contributed by atoms with van der Waals surface area (Å²) in [6.45, 7) is 3.83. The summed E-state index contributed by atoms with van der Waals surface area (Å²) in [4.78, 5) is 12.2. The van der Waals surface area contributed by atoms with Gasteiger partial charge in [0.2, 0.25) is 5.91 Å². The van der Waals surface area contributed by atoms with Crippen molar-refractivity contribution in [2.45, 2.75) is 24.8 Å². The number of anilines is 1. The Balaban J connectivity index is 2.63. The molecule has 0 aliphatic carbocycles. The van der Waals surface area contributed by atoms with Crippen LogP contribution >= 0.6 is 35.0 Å². The van der Waals surface area contributed by atoms with E-state index in [-0.39, 0.29) is 11.9 Å². The molecule has 6 heteroatoms. The number of carbonyl (C=O) groups is 1. The maximum absolute atomic E-state index is 11.5. The Labute approximate surface area is 115 Å². The molecule has 0 fully saturated rings. The Hall–Kier alpha value is -0.580. The summed E-state index contributed by atoms with van der Waals surface area (Å²) in [5.74, 6) is 0.274. The molecule has 1 aromatic carbocycles. The van der Waals surface area contributed by atoms with Crippen molar-refractivity contribution in [3.05, 3.63) is 22.2 Å². The van der Waals surface area contributed by atoms with E-state index >= 15 is 0 Å². The van der Waals surface area contributed by atoms with Crippen LogP contribution in [-0.2, 0) is 4.79 Å². The van der Waals surface area contributed by atoms with Crippen molar-refractivity contribution in [1.29, 1.82) is 0 Å². The second-order valence-electron chi connectivity index (χ2n) is 3.82. The zero-order valence-corrected chi connectivity index (χ0v) is 11.9. The van der Waals surface area contributed by atoms with Crippen molar-refractivity contribution >= 4 is 46.6 Å². The average molecular weight is 293 g/mol. The zero-order chi connectivity index (χ0) is 13.0. The molecule has 0 unspecified atom stereocenters. The number of nitrogens with one attached hydrogen (secondary N) is 1. The van der Waals surface area contributed by atoms with E-state index in [2.05, 4.69) is 5.32 Å². The van der Waals surface area contributed by atoms with Crippen molar-refractivity contribution in [3.8, 4) is 0 Å². The topological polar surface area (TPSA) is 55.1 Å². The van der Waals surface area contributed by atoms with Gasteiger partial charge in [-0.25, -0.2) is 0 Å². The number of amides is 1. The molecule has 1 aromatic rings. The summed E-state index contributed by atoms with van der Waals surface area (Å²) < 4.78 is 0. The fraction of sp³-hybridized carbons (Fsp3) is 0.364. The van der Waals surface area contributed by atoms with Gasteiger partial charge in [-0.1, -0.05) is 23.2 Å². The lowest BCUT2D eigenvalue weighted by molar-refractivity contribution is -0.119. The van der Waals surface area contributed by atoms with Gasteiger partial charge in [0.25, 0.3) is 0 Å². The number of thioether (sulfide) groups is 1. The molecule has 17 heavy (non-hydrogen) atoms. The number of nitrogen functional groups attached to an aromatic ring is 1. The number of hydrogen-bond acceptors (Lipinski definition) is 3. The van der Waals surface area contributed by atoms with Crippen LogP contribution < -0.4 is 11.1 Å². The van der Waals surface area contributed by atoms with Crippen LogP contribution in [0.4, 0.5) is 5.69 Å². The molecule has 0 aliphatic heterocycles. The Morgan fingerprint density at radius 1 is 1.41 bits per heavy atom. The minimum Gasteiger partial charge on any atom is -0.398 e. The van der Waals surface area contributed by atoms with E-state index in [1.54, 1.807) is 12.1 Å². The molecule has 94 valence electrons. The predicted octanol–water partition coefficient (Wildman–Crippen LogP) is 3.19. The van der Waals surface area contributed by atoms with Gasteiger partial charge >= 0.3 is 0 Å². The number of halogens is 2. The number of hydrogen-bond donors (Lipinski definition) is 2. The molecule has 1 rings (SSSR count). The molecule has 1 amide bonds. The monoisotopic (exact) mass is 292 g/mol. The van der Waals surface area contributed by atoms with Crippen LogP contribution in [0.2, 0.25) is 10.0 Å². The van der Waals surface area contributed by atoms with Crippen molar-refractivity contribution < 1.29 is 4.79 Å². The highest BCUT2D eigenvalue weighted by Crippen LogP contribution is 2.33. The first kappa shape index (κ1) is 14.5. The van der Waals surface area contributed by atoms with Crippen LogP contribution in [0.25, 0.3) is 0 Å². The van der Waals surface area contributed by atoms with Crippen LogP contribution in [0, 0.1) is 0 Å². The predicted molar refractivity (Wildman–Crippen MR) is 74.9 cm³/mol. The molecule has 0 bridgehead atoms. The van der Waals surface area contributed by atoms with Gasteiger partial charge in [0, 0.05) is 16.6 Å². The molecule has 0 saturated heterocycles. The second kappa shape index (κ2) is 6.38. The van der Waals surface area contributed by atoms with E-state index < -0.39 is 0 Å². The lowest BCUT2D eigenvalue weighted by atomic mass is 10.3. The number of nitrogens with two attached hydrogens (primary N) is 1. The summed E-state index contributed by atoms with van der Waals surface area (Å²) >= 11 is 13.0. The Morgan fingerprint density at radius 3 is 2.59 bits per heavy atom. The number of rotatable bonds is 4. The van der Waals surface area contributed by atoms with E-state index in [9.17, 15) is 4.79 Å². The summed E-state index contributed by atoms with van der Waals surface area (Å²) in [5.41, 5.74) is 6.31. The van der Waals surface area contributed by atoms with Gasteiger partial charge in [-0.15, -0.1) is 11.8 Å². The van der Waals surface area contributed by atoms with Gasteiger partial charge in [0.05, 0.1) is 15.8 Å². The molecule has 0 aliphatic rings. The van der Waals surface area contributed by atoms with E-state index in [1.165, 1.54) is 11.8 Å². The van der Waals surface area contributed by atoms with Crippen LogP contribution in [0.3, 0.4) is 0 Å². The Kier molecular flexibility index (Phi) is 5.43. The molecule has 0 radical (unpaired) electrons. The lowest BCUT2D eigenvalue weighted by Gasteiger charge is -2.09. The quantitative estimate of drug-likeness (QED) is 0.662. The third-order valence-corrected chi connectivity index (χ3v) is 3.65. The van der Waals surface area contributed by atoms with Crippen molar-refractivity contribution in [2.24, 2.45) is 0 Å². The smallest absolute Gasteiger partial charge is 0.230 e. The van der Waals surface area contributed by atoms with Gasteiger partial charge in [0.1, 0.15) is 0 Å². The molecule has 0 heterocycles. The van der Waals surface area contributed by atoms with E-state index in [4.69, 9.17) is 28.9 Å². The molecule has 3 N–H and O–H groups in total. The highest BCUT2D eigenvalue weighted by Gasteiger charge is 2.09. The second-order valence-corrected chi connectivity index (χ2v) is 5.65. The normalized spacial score (nSPS) is 10.6. The van der Waals surface area contributed by atoms with Crippen LogP contribution in [0.15, 0.2) is 17.0 Å². The highest BCUT2D eigenvalue weighted by atomic mass is 35.5. The first-order chi connectivity index (χ1) is 7.90. The maximum Gasteiger partial charge on any atom is 0.230 e. The first-order valence-electron chi connectivity index (χ1n) is 5.07. The fourth-order valence-electron chi connectivity index (χ4n) is 1.18. The Morgan fingerprint density at radius 2 is 2.00 bits per heavy atom. The Bertz CT molecular complexity index is 424. The van der Waals surface area contributed by atoms with Gasteiger partial charge in [0.15, 0.2) is 0 Å². The summed E-state index contributed by atoms with van der Waals surface area (Å²) in [6.07, 6.45) is 0. The van der Waals surface area contributed by atoms with Crippen LogP contribution in [-0.4, -0.2) is 17.7 Å². The van der Waals surface area contributed by atoms with E-state index in [1.807, 2.05) is 13.8 Å². The molecule has 3 nitrogen and oxygen atoms in total. The van der Waals surface area contributed by atoms with Crippen molar-refractivity contribution in [2.75, 3.05) is 11.5 Å². The fourth-order valence-corrected chi connectivity index (χ4v) is 2.37. The third-order valence-electron chi connectivity index (χ3n) is 1.86. The minimum absolute atomic E-state index is 0.0320. The van der Waals surface area contributed by atoms with Crippen molar-refractivity contribution in [3.63, 3.8) is 0 Å². The van der Waals surface area contributed by atoms with Crippen molar-refractivity contribution in [1.82, 2.24) is 5.32 Å². The number of carbonyl (C=O) groups excluding carboxylic acids is 1. The van der Waals surface area contributed by atoms with Gasteiger partial charge in [-0.2, -0.15) is 0 Å². The lowest BCUT2D eigenvalue weighted by Crippen LogP contribution is -2.31. The van der Waals surface area contributed by atoms with E-state index in [0.717, 1.165) is 4.90 Å². The molecule has 0 aromatic heterocycles. The molecular weight excluding hydrogens is 279 g/mol. The minimum atomic E-state index is -0.0320. The molecule has 0 spiro atoms. The molecular formula is C11H14Cl2N2OS. The van der Waals surface area contributed by atoms with Gasteiger partial charge in [-0.05, 0) is 26.0 Å². The van der Waals surface area contributed by atoms with Crippen LogP contribution in [0.1, 0.15) is 13.8 Å². The zero-order valence-electron chi connectivity index (χ0n) is 9.59. The SMILES string of the molecule is CC(C)NC(=O)CSc1cc(Cl)c(Cl)cc1N. The van der Waals surface area contributed by atoms with E-state index in [0.29, 0.717) is 21.5 Å². The molecule has 0 atom stereocenters.